The second-order valence-corrected chi connectivity index (χ2v) is 6.58. The van der Waals surface area contributed by atoms with Crippen LogP contribution in [-0.4, -0.2) is 43.0 Å². The summed E-state index contributed by atoms with van der Waals surface area (Å²) < 4.78 is 6.60. The third-order valence-electron chi connectivity index (χ3n) is 3.00. The third-order valence-corrected chi connectivity index (χ3v) is 4.49. The largest absolute Gasteiger partial charge is 0.376 e. The summed E-state index contributed by atoms with van der Waals surface area (Å²) in [6.07, 6.45) is 1.20. The molecule has 0 radical (unpaired) electrons. The van der Waals surface area contributed by atoms with Crippen molar-refractivity contribution >= 4 is 40.3 Å². The summed E-state index contributed by atoms with van der Waals surface area (Å²) in [5.74, 6) is 0.0277. The summed E-state index contributed by atoms with van der Waals surface area (Å²) in [5.41, 5.74) is 0.534. The van der Waals surface area contributed by atoms with Crippen LogP contribution in [0.5, 0.6) is 0 Å². The standard InChI is InChI=1S/C12H15Cl2NO2S/c1-2-8-6-15(3-4-17-8)7-10(16)9-5-11(13)18-12(9)14/h5,8H,2-4,6-7H2,1H3. The van der Waals surface area contributed by atoms with E-state index in [1.54, 1.807) is 6.07 Å². The van der Waals surface area contributed by atoms with Crippen LogP contribution >= 0.6 is 34.5 Å². The molecule has 0 aromatic carbocycles. The van der Waals surface area contributed by atoms with E-state index in [-0.39, 0.29) is 11.9 Å². The van der Waals surface area contributed by atoms with Gasteiger partial charge in [-0.25, -0.2) is 0 Å². The maximum atomic E-state index is 12.1. The molecule has 1 aliphatic rings. The van der Waals surface area contributed by atoms with E-state index in [4.69, 9.17) is 27.9 Å². The molecule has 1 aliphatic heterocycles. The van der Waals surface area contributed by atoms with Gasteiger partial charge in [-0.2, -0.15) is 0 Å². The Morgan fingerprint density at radius 3 is 3.00 bits per heavy atom. The zero-order valence-electron chi connectivity index (χ0n) is 10.1. The number of rotatable bonds is 4. The fourth-order valence-electron chi connectivity index (χ4n) is 1.99. The van der Waals surface area contributed by atoms with Gasteiger partial charge < -0.3 is 4.74 Å². The number of hydrogen-bond acceptors (Lipinski definition) is 4. The van der Waals surface area contributed by atoms with Gasteiger partial charge in [-0.15, -0.1) is 11.3 Å². The van der Waals surface area contributed by atoms with E-state index in [2.05, 4.69) is 11.8 Å². The highest BCUT2D eigenvalue weighted by Gasteiger charge is 2.23. The monoisotopic (exact) mass is 307 g/mol. The van der Waals surface area contributed by atoms with E-state index < -0.39 is 0 Å². The molecule has 2 rings (SSSR count). The summed E-state index contributed by atoms with van der Waals surface area (Å²) in [4.78, 5) is 14.2. The van der Waals surface area contributed by atoms with Crippen molar-refractivity contribution in [2.75, 3.05) is 26.2 Å². The van der Waals surface area contributed by atoms with Crippen molar-refractivity contribution < 1.29 is 9.53 Å². The smallest absolute Gasteiger partial charge is 0.179 e. The Balaban J connectivity index is 1.97. The van der Waals surface area contributed by atoms with Gasteiger partial charge in [-0.1, -0.05) is 30.1 Å². The van der Waals surface area contributed by atoms with Crippen LogP contribution in [0.3, 0.4) is 0 Å². The molecular formula is C12H15Cl2NO2S. The number of ether oxygens (including phenoxy) is 1. The Morgan fingerprint density at radius 1 is 1.61 bits per heavy atom. The first kappa shape index (κ1) is 14.3. The van der Waals surface area contributed by atoms with E-state index >= 15 is 0 Å². The minimum atomic E-state index is 0.0277. The number of halogens is 2. The molecule has 3 nitrogen and oxygen atoms in total. The second-order valence-electron chi connectivity index (χ2n) is 4.30. The predicted molar refractivity (Wildman–Crippen MR) is 75.1 cm³/mol. The van der Waals surface area contributed by atoms with Crippen LogP contribution in [0.2, 0.25) is 8.67 Å². The van der Waals surface area contributed by atoms with Gasteiger partial charge in [-0.05, 0) is 12.5 Å². The Morgan fingerprint density at radius 2 is 2.39 bits per heavy atom. The Bertz CT molecular complexity index is 436. The van der Waals surface area contributed by atoms with E-state index in [1.807, 2.05) is 0 Å². The van der Waals surface area contributed by atoms with Gasteiger partial charge in [0.15, 0.2) is 5.78 Å². The highest BCUT2D eigenvalue weighted by atomic mass is 35.5. The molecule has 18 heavy (non-hydrogen) atoms. The minimum absolute atomic E-state index is 0.0277. The topological polar surface area (TPSA) is 29.5 Å². The van der Waals surface area contributed by atoms with Crippen molar-refractivity contribution in [2.45, 2.75) is 19.4 Å². The number of morpholine rings is 1. The summed E-state index contributed by atoms with van der Waals surface area (Å²) in [6, 6.07) is 1.65. The number of thiophene rings is 1. The van der Waals surface area contributed by atoms with Crippen molar-refractivity contribution in [1.82, 2.24) is 4.90 Å². The second kappa shape index (κ2) is 6.35. The quantitative estimate of drug-likeness (QED) is 0.799. The number of carbonyl (C=O) groups excluding carboxylic acids is 1. The molecule has 0 aliphatic carbocycles. The van der Waals surface area contributed by atoms with Gasteiger partial charge in [0.2, 0.25) is 0 Å². The number of ketones is 1. The molecule has 100 valence electrons. The van der Waals surface area contributed by atoms with E-state index in [1.165, 1.54) is 11.3 Å². The molecule has 1 aromatic heterocycles. The van der Waals surface area contributed by atoms with Crippen LogP contribution in [-0.2, 0) is 4.74 Å². The van der Waals surface area contributed by atoms with E-state index in [9.17, 15) is 4.79 Å². The first-order valence-electron chi connectivity index (χ1n) is 5.92. The van der Waals surface area contributed by atoms with Crippen molar-refractivity contribution in [1.29, 1.82) is 0 Å². The molecule has 1 fully saturated rings. The lowest BCUT2D eigenvalue weighted by Gasteiger charge is -2.31. The van der Waals surface area contributed by atoms with Crippen LogP contribution < -0.4 is 0 Å². The van der Waals surface area contributed by atoms with Crippen molar-refractivity contribution in [2.24, 2.45) is 0 Å². The van der Waals surface area contributed by atoms with Gasteiger partial charge in [0.1, 0.15) is 4.34 Å². The third kappa shape index (κ3) is 3.45. The van der Waals surface area contributed by atoms with Crippen LogP contribution in [0.4, 0.5) is 0 Å². The molecule has 0 N–H and O–H groups in total. The molecule has 0 bridgehead atoms. The van der Waals surface area contributed by atoms with E-state index in [0.717, 1.165) is 19.5 Å². The highest BCUT2D eigenvalue weighted by Crippen LogP contribution is 2.31. The Kier molecular flexibility index (Phi) is 5.04. The summed E-state index contributed by atoms with van der Waals surface area (Å²) in [5, 5.41) is 0. The Labute approximate surface area is 121 Å². The van der Waals surface area contributed by atoms with Gasteiger partial charge in [0.05, 0.1) is 29.2 Å². The van der Waals surface area contributed by atoms with Crippen LogP contribution in [0.25, 0.3) is 0 Å². The zero-order valence-corrected chi connectivity index (χ0v) is 12.4. The molecule has 6 heteroatoms. The fourth-order valence-corrected chi connectivity index (χ4v) is 3.49. The molecule has 1 unspecified atom stereocenters. The molecule has 0 saturated carbocycles. The lowest BCUT2D eigenvalue weighted by molar-refractivity contribution is -0.0271. The Hall–Kier alpha value is -0.130. The number of carbonyl (C=O) groups is 1. The molecule has 0 amide bonds. The van der Waals surface area contributed by atoms with E-state index in [0.29, 0.717) is 27.4 Å². The predicted octanol–water partition coefficient (Wildman–Crippen LogP) is 3.35. The van der Waals surface area contributed by atoms with Gasteiger partial charge >= 0.3 is 0 Å². The molecule has 2 heterocycles. The van der Waals surface area contributed by atoms with Gasteiger partial charge in [0.25, 0.3) is 0 Å². The number of Topliss-reactive ketones (excluding diaryl/α,β-unsaturated/α-hetero) is 1. The normalized spacial score (nSPS) is 21.2. The maximum Gasteiger partial charge on any atom is 0.179 e. The summed E-state index contributed by atoms with van der Waals surface area (Å²) in [7, 11) is 0. The average molecular weight is 308 g/mol. The van der Waals surface area contributed by atoms with Gasteiger partial charge in [0, 0.05) is 13.1 Å². The summed E-state index contributed by atoms with van der Waals surface area (Å²) >= 11 is 13.1. The first-order chi connectivity index (χ1) is 8.60. The molecule has 1 aromatic rings. The van der Waals surface area contributed by atoms with Crippen LogP contribution in [0.1, 0.15) is 23.7 Å². The fraction of sp³-hybridized carbons (Fsp3) is 0.583. The lowest BCUT2D eigenvalue weighted by Crippen LogP contribution is -2.44. The average Bonchev–Trinajstić information content (AvgIpc) is 2.69. The lowest BCUT2D eigenvalue weighted by atomic mass is 10.1. The SMILES string of the molecule is CCC1CN(CC(=O)c2cc(Cl)sc2Cl)CCO1. The van der Waals surface area contributed by atoms with Crippen molar-refractivity contribution in [3.05, 3.63) is 20.3 Å². The van der Waals surface area contributed by atoms with Crippen LogP contribution in [0, 0.1) is 0 Å². The molecule has 1 atom stereocenters. The molecule has 0 spiro atoms. The van der Waals surface area contributed by atoms with Gasteiger partial charge in [-0.3, -0.25) is 9.69 Å². The zero-order chi connectivity index (χ0) is 13.1. The van der Waals surface area contributed by atoms with Crippen molar-refractivity contribution in [3.8, 4) is 0 Å². The number of nitrogens with zero attached hydrogens (tertiary/aromatic N) is 1. The summed E-state index contributed by atoms with van der Waals surface area (Å²) in [6.45, 7) is 4.75. The van der Waals surface area contributed by atoms with Crippen molar-refractivity contribution in [3.63, 3.8) is 0 Å². The first-order valence-corrected chi connectivity index (χ1v) is 7.49. The molecule has 1 saturated heterocycles. The van der Waals surface area contributed by atoms with Crippen LogP contribution in [0.15, 0.2) is 6.07 Å². The molecular weight excluding hydrogens is 293 g/mol. The number of hydrogen-bond donors (Lipinski definition) is 0. The maximum absolute atomic E-state index is 12.1. The highest BCUT2D eigenvalue weighted by molar-refractivity contribution is 7.20. The minimum Gasteiger partial charge on any atom is -0.376 e.